The van der Waals surface area contributed by atoms with Gasteiger partial charge >= 0.3 is 0 Å². The van der Waals surface area contributed by atoms with Crippen LogP contribution in [0.2, 0.25) is 18.1 Å². The molecule has 8 heteroatoms. The van der Waals surface area contributed by atoms with Gasteiger partial charge in [0.2, 0.25) is 8.32 Å². The second-order valence-electron chi connectivity index (χ2n) is 8.46. The molecule has 0 amide bonds. The van der Waals surface area contributed by atoms with Gasteiger partial charge in [-0.15, -0.1) is 0 Å². The summed E-state index contributed by atoms with van der Waals surface area (Å²) in [6.07, 6.45) is -3.01. The third-order valence-electron chi connectivity index (χ3n) is 5.03. The van der Waals surface area contributed by atoms with Gasteiger partial charge in [-0.1, -0.05) is 20.8 Å². The first kappa shape index (κ1) is 20.3. The molecule has 0 spiro atoms. The minimum atomic E-state index is -2.03. The van der Waals surface area contributed by atoms with Crippen LogP contribution in [0.4, 0.5) is 0 Å². The highest BCUT2D eigenvalue weighted by Crippen LogP contribution is 2.39. The fraction of sp³-hybridized carbons (Fsp3) is 1.00. The molecule has 0 aromatic carbocycles. The lowest BCUT2D eigenvalue weighted by Crippen LogP contribution is -2.58. The van der Waals surface area contributed by atoms with E-state index in [0.717, 1.165) is 0 Å². The molecule has 0 bridgehead atoms. The number of aliphatic hydroxyl groups is 1. The first-order chi connectivity index (χ1) is 10.9. The highest BCUT2D eigenvalue weighted by molar-refractivity contribution is 6.73. The van der Waals surface area contributed by atoms with Crippen LogP contribution in [0.3, 0.4) is 0 Å². The van der Waals surface area contributed by atoms with Gasteiger partial charge in [-0.2, -0.15) is 0 Å². The first-order valence-electron chi connectivity index (χ1n) is 8.40. The van der Waals surface area contributed by atoms with Gasteiger partial charge in [0.1, 0.15) is 31.0 Å². The van der Waals surface area contributed by atoms with Crippen molar-refractivity contribution in [3.63, 3.8) is 0 Å². The van der Waals surface area contributed by atoms with Crippen molar-refractivity contribution >= 4 is 8.32 Å². The van der Waals surface area contributed by atoms with E-state index in [4.69, 9.17) is 28.4 Å². The zero-order valence-corrected chi connectivity index (χ0v) is 17.0. The zero-order chi connectivity index (χ0) is 18.3. The molecule has 0 aromatic rings. The molecule has 2 saturated heterocycles. The highest BCUT2D eigenvalue weighted by atomic mass is 28.4. The summed E-state index contributed by atoms with van der Waals surface area (Å²) in [5, 5.41) is 10.2. The van der Waals surface area contributed by atoms with E-state index in [1.54, 1.807) is 0 Å². The Morgan fingerprint density at radius 1 is 1.12 bits per heavy atom. The van der Waals surface area contributed by atoms with E-state index in [2.05, 4.69) is 33.9 Å². The van der Waals surface area contributed by atoms with Crippen LogP contribution < -0.4 is 0 Å². The SMILES string of the molecule is CO[C@@H]1[C@H]2OC(C)(C)O[C@H]2[C@@H](COO[Si](C)(C)C(C)(C)C)O[C@@H]1O. The Labute approximate surface area is 145 Å². The normalized spacial score (nSPS) is 36.6. The van der Waals surface area contributed by atoms with Crippen LogP contribution in [-0.4, -0.2) is 63.6 Å². The molecule has 0 unspecified atom stereocenters. The summed E-state index contributed by atoms with van der Waals surface area (Å²) in [5.74, 6) is -0.766. The van der Waals surface area contributed by atoms with Crippen LogP contribution in [0.1, 0.15) is 34.6 Å². The lowest BCUT2D eigenvalue weighted by atomic mass is 9.99. The maximum Gasteiger partial charge on any atom is 0.238 e. The van der Waals surface area contributed by atoms with E-state index < -0.39 is 44.8 Å². The van der Waals surface area contributed by atoms with Crippen LogP contribution in [-0.2, 0) is 28.4 Å². The highest BCUT2D eigenvalue weighted by Gasteiger charge is 2.55. The van der Waals surface area contributed by atoms with Crippen molar-refractivity contribution in [1.29, 1.82) is 0 Å². The van der Waals surface area contributed by atoms with E-state index in [-0.39, 0.29) is 11.6 Å². The van der Waals surface area contributed by atoms with Gasteiger partial charge in [0.25, 0.3) is 0 Å². The average Bonchev–Trinajstić information content (AvgIpc) is 2.73. The maximum absolute atomic E-state index is 10.2. The molecule has 142 valence electrons. The lowest BCUT2D eigenvalue weighted by Gasteiger charge is -2.40. The summed E-state index contributed by atoms with van der Waals surface area (Å²) in [7, 11) is -0.512. The van der Waals surface area contributed by atoms with Crippen LogP contribution in [0.25, 0.3) is 0 Å². The molecule has 2 heterocycles. The summed E-state index contributed by atoms with van der Waals surface area (Å²) >= 11 is 0. The fourth-order valence-electron chi connectivity index (χ4n) is 2.61. The van der Waals surface area contributed by atoms with E-state index in [9.17, 15) is 5.11 Å². The largest absolute Gasteiger partial charge is 0.373 e. The molecule has 2 fully saturated rings. The number of ether oxygens (including phenoxy) is 4. The van der Waals surface area contributed by atoms with Gasteiger partial charge in [-0.3, -0.25) is 4.58 Å². The number of hydrogen-bond donors (Lipinski definition) is 1. The van der Waals surface area contributed by atoms with Gasteiger partial charge in [-0.25, -0.2) is 4.89 Å². The predicted octanol–water partition coefficient (Wildman–Crippen LogP) is 2.19. The van der Waals surface area contributed by atoms with Gasteiger partial charge in [0.15, 0.2) is 12.1 Å². The van der Waals surface area contributed by atoms with Crippen molar-refractivity contribution in [3.05, 3.63) is 0 Å². The third kappa shape index (κ3) is 4.18. The molecule has 0 aromatic heterocycles. The van der Waals surface area contributed by atoms with Crippen molar-refractivity contribution in [2.75, 3.05) is 13.7 Å². The van der Waals surface area contributed by atoms with Crippen LogP contribution >= 0.6 is 0 Å². The van der Waals surface area contributed by atoms with Crippen molar-refractivity contribution in [3.8, 4) is 0 Å². The van der Waals surface area contributed by atoms with Gasteiger partial charge in [-0.05, 0) is 32.0 Å². The molecular weight excluding hydrogens is 332 g/mol. The minimum Gasteiger partial charge on any atom is -0.373 e. The van der Waals surface area contributed by atoms with Crippen LogP contribution in [0.15, 0.2) is 0 Å². The van der Waals surface area contributed by atoms with E-state index in [1.165, 1.54) is 7.11 Å². The molecule has 24 heavy (non-hydrogen) atoms. The summed E-state index contributed by atoms with van der Waals surface area (Å²) in [5.41, 5.74) is 0. The summed E-state index contributed by atoms with van der Waals surface area (Å²) < 4.78 is 28.5. The van der Waals surface area contributed by atoms with E-state index in [1.807, 2.05) is 13.8 Å². The molecular formula is C16H32O7Si. The third-order valence-corrected chi connectivity index (χ3v) is 9.17. The Hall–Kier alpha value is -0.0631. The molecule has 0 saturated carbocycles. The molecule has 1 N–H and O–H groups in total. The summed E-state index contributed by atoms with van der Waals surface area (Å²) in [6.45, 7) is 14.4. The molecule has 0 aliphatic carbocycles. The topological polar surface area (TPSA) is 75.6 Å². The van der Waals surface area contributed by atoms with Gasteiger partial charge in [0.05, 0.1) is 0 Å². The maximum atomic E-state index is 10.2. The van der Waals surface area contributed by atoms with E-state index >= 15 is 0 Å². The van der Waals surface area contributed by atoms with Crippen molar-refractivity contribution in [2.24, 2.45) is 0 Å². The second kappa shape index (κ2) is 6.92. The predicted molar refractivity (Wildman–Crippen MR) is 89.7 cm³/mol. The molecule has 0 radical (unpaired) electrons. The van der Waals surface area contributed by atoms with Crippen molar-refractivity contribution < 1.29 is 33.5 Å². The van der Waals surface area contributed by atoms with E-state index in [0.29, 0.717) is 0 Å². The van der Waals surface area contributed by atoms with Crippen LogP contribution in [0, 0.1) is 0 Å². The Morgan fingerprint density at radius 3 is 2.25 bits per heavy atom. The Morgan fingerprint density at radius 2 is 1.71 bits per heavy atom. The number of methoxy groups -OCH3 is 1. The molecule has 2 aliphatic rings. The monoisotopic (exact) mass is 364 g/mol. The zero-order valence-electron chi connectivity index (χ0n) is 16.0. The fourth-order valence-corrected chi connectivity index (χ4v) is 3.23. The Kier molecular flexibility index (Phi) is 5.84. The summed E-state index contributed by atoms with van der Waals surface area (Å²) in [4.78, 5) is 5.51. The Balaban J connectivity index is 2.00. The second-order valence-corrected chi connectivity index (χ2v) is 13.1. The van der Waals surface area contributed by atoms with Crippen LogP contribution in [0.5, 0.6) is 0 Å². The number of rotatable bonds is 5. The standard InChI is InChI=1S/C16H32O7Si/c1-15(2,3)24(7,8)23-19-9-10-11-12(22-16(4,5)21-11)13(18-6)14(17)20-10/h10-14,17H,9H2,1-8H3/t10-,11+,12+,13-,14+/m1/s1. The molecule has 2 rings (SSSR count). The molecule has 2 aliphatic heterocycles. The van der Waals surface area contributed by atoms with Gasteiger partial charge < -0.3 is 24.1 Å². The quantitative estimate of drug-likeness (QED) is 0.455. The summed E-state index contributed by atoms with van der Waals surface area (Å²) in [6, 6.07) is 0. The van der Waals surface area contributed by atoms with Crippen molar-refractivity contribution in [1.82, 2.24) is 0 Å². The smallest absolute Gasteiger partial charge is 0.238 e. The molecule has 5 atom stereocenters. The lowest BCUT2D eigenvalue weighted by molar-refractivity contribution is -0.305. The van der Waals surface area contributed by atoms with Gasteiger partial charge in [0, 0.05) is 7.11 Å². The average molecular weight is 365 g/mol. The number of aliphatic hydroxyl groups excluding tert-OH is 1. The first-order valence-corrected chi connectivity index (χ1v) is 11.3. The minimum absolute atomic E-state index is 0.0403. The molecule has 7 nitrogen and oxygen atoms in total. The van der Waals surface area contributed by atoms with Crippen molar-refractivity contribution in [2.45, 2.75) is 89.2 Å². The Bertz CT molecular complexity index is 435. The number of hydrogen-bond acceptors (Lipinski definition) is 7. The number of fused-ring (bicyclic) bond motifs is 1.